The Labute approximate surface area is 157 Å². The third-order valence-electron chi connectivity index (χ3n) is 3.95. The molecule has 0 unspecified atom stereocenters. The number of amides is 2. The van der Waals surface area contributed by atoms with E-state index in [2.05, 4.69) is 17.6 Å². The van der Waals surface area contributed by atoms with E-state index in [1.165, 1.54) is 0 Å². The Morgan fingerprint density at radius 1 is 1.07 bits per heavy atom. The zero-order valence-electron chi connectivity index (χ0n) is 15.1. The Balaban J connectivity index is 1.46. The van der Waals surface area contributed by atoms with E-state index in [0.717, 1.165) is 18.6 Å². The summed E-state index contributed by atoms with van der Waals surface area (Å²) >= 11 is 0. The highest BCUT2D eigenvalue weighted by molar-refractivity contribution is 5.99. The number of rotatable bonds is 8. The molecule has 7 nitrogen and oxygen atoms in total. The lowest BCUT2D eigenvalue weighted by Crippen LogP contribution is -2.32. The number of carbonyl (C=O) groups is 2. The average molecular weight is 370 g/mol. The summed E-state index contributed by atoms with van der Waals surface area (Å²) in [5, 5.41) is 5.30. The second-order valence-corrected chi connectivity index (χ2v) is 6.03. The predicted octanol–water partition coefficient (Wildman–Crippen LogP) is 2.96. The second-order valence-electron chi connectivity index (χ2n) is 6.03. The first-order valence-electron chi connectivity index (χ1n) is 8.86. The summed E-state index contributed by atoms with van der Waals surface area (Å²) in [5.74, 6) is 1.29. The molecule has 0 spiro atoms. The number of hydrogen-bond acceptors (Lipinski definition) is 5. The van der Waals surface area contributed by atoms with Crippen LogP contribution in [0.25, 0.3) is 0 Å². The minimum atomic E-state index is -0.332. The van der Waals surface area contributed by atoms with Crippen LogP contribution in [0.2, 0.25) is 0 Å². The Morgan fingerprint density at radius 3 is 2.63 bits per heavy atom. The normalized spacial score (nSPS) is 11.7. The smallest absolute Gasteiger partial charge is 0.251 e. The van der Waals surface area contributed by atoms with Crippen molar-refractivity contribution in [3.05, 3.63) is 48.0 Å². The van der Waals surface area contributed by atoms with Crippen molar-refractivity contribution in [2.24, 2.45) is 0 Å². The van der Waals surface area contributed by atoms with Gasteiger partial charge in [-0.15, -0.1) is 0 Å². The van der Waals surface area contributed by atoms with Gasteiger partial charge in [0.25, 0.3) is 5.91 Å². The topological polar surface area (TPSA) is 85.9 Å². The van der Waals surface area contributed by atoms with Gasteiger partial charge < -0.3 is 24.8 Å². The molecule has 0 aromatic heterocycles. The fourth-order valence-electron chi connectivity index (χ4n) is 2.48. The van der Waals surface area contributed by atoms with E-state index in [0.29, 0.717) is 29.4 Å². The van der Waals surface area contributed by atoms with Crippen LogP contribution in [-0.2, 0) is 4.79 Å². The number of benzene rings is 2. The molecular formula is C20H22N2O5. The van der Waals surface area contributed by atoms with Gasteiger partial charge in [-0.05, 0) is 42.8 Å². The van der Waals surface area contributed by atoms with Crippen LogP contribution in [0.4, 0.5) is 5.69 Å². The van der Waals surface area contributed by atoms with Crippen LogP contribution in [0.5, 0.6) is 17.2 Å². The number of unbranched alkanes of at least 4 members (excludes halogenated alkanes) is 1. The number of anilines is 1. The molecule has 27 heavy (non-hydrogen) atoms. The summed E-state index contributed by atoms with van der Waals surface area (Å²) in [6.45, 7) is 2.79. The molecule has 0 saturated carbocycles. The molecule has 1 heterocycles. The quantitative estimate of drug-likeness (QED) is 0.698. The Bertz CT molecular complexity index is 805. The highest BCUT2D eigenvalue weighted by Gasteiger charge is 2.14. The van der Waals surface area contributed by atoms with Gasteiger partial charge in [-0.3, -0.25) is 9.59 Å². The molecule has 0 radical (unpaired) electrons. The summed E-state index contributed by atoms with van der Waals surface area (Å²) < 4.78 is 16.0. The molecule has 2 amide bonds. The van der Waals surface area contributed by atoms with Crippen molar-refractivity contribution in [2.45, 2.75) is 19.8 Å². The van der Waals surface area contributed by atoms with Gasteiger partial charge in [0.05, 0.1) is 13.2 Å². The maximum absolute atomic E-state index is 12.2. The standard InChI is InChI=1S/C20H22N2O5/c1-2-3-10-25-16-7-4-14(5-8-16)20(24)21-12-19(23)22-15-6-9-17-18(11-15)27-13-26-17/h4-9,11H,2-3,10,12-13H2,1H3,(H,21,24)(H,22,23). The molecule has 7 heteroatoms. The Hall–Kier alpha value is -3.22. The zero-order valence-corrected chi connectivity index (χ0v) is 15.1. The SMILES string of the molecule is CCCCOc1ccc(C(=O)NCC(=O)Nc2ccc3c(c2)OCO3)cc1. The zero-order chi connectivity index (χ0) is 19.1. The van der Waals surface area contributed by atoms with E-state index >= 15 is 0 Å². The van der Waals surface area contributed by atoms with E-state index in [-0.39, 0.29) is 25.2 Å². The summed E-state index contributed by atoms with van der Waals surface area (Å²) in [6.07, 6.45) is 2.05. The van der Waals surface area contributed by atoms with Gasteiger partial charge in [-0.2, -0.15) is 0 Å². The number of carbonyl (C=O) groups excluding carboxylic acids is 2. The molecule has 3 rings (SSSR count). The maximum atomic E-state index is 12.2. The lowest BCUT2D eigenvalue weighted by atomic mass is 10.2. The van der Waals surface area contributed by atoms with E-state index in [1.54, 1.807) is 42.5 Å². The van der Waals surface area contributed by atoms with E-state index in [4.69, 9.17) is 14.2 Å². The van der Waals surface area contributed by atoms with Crippen molar-refractivity contribution in [1.82, 2.24) is 5.32 Å². The van der Waals surface area contributed by atoms with Crippen molar-refractivity contribution in [1.29, 1.82) is 0 Å². The molecule has 1 aliphatic heterocycles. The molecule has 1 aliphatic rings. The number of fused-ring (bicyclic) bond motifs is 1. The number of hydrogen-bond donors (Lipinski definition) is 2. The van der Waals surface area contributed by atoms with Crippen molar-refractivity contribution in [2.75, 3.05) is 25.3 Å². The Kier molecular flexibility index (Phi) is 6.14. The predicted molar refractivity (Wildman–Crippen MR) is 100 cm³/mol. The first-order chi connectivity index (χ1) is 13.2. The van der Waals surface area contributed by atoms with Crippen LogP contribution in [0.3, 0.4) is 0 Å². The molecule has 2 N–H and O–H groups in total. The maximum Gasteiger partial charge on any atom is 0.251 e. The average Bonchev–Trinajstić information content (AvgIpc) is 3.15. The van der Waals surface area contributed by atoms with Crippen LogP contribution in [0, 0.1) is 0 Å². The summed E-state index contributed by atoms with van der Waals surface area (Å²) in [5.41, 5.74) is 1.04. The van der Waals surface area contributed by atoms with Crippen LogP contribution in [-0.4, -0.2) is 31.8 Å². The monoisotopic (exact) mass is 370 g/mol. The molecule has 2 aromatic rings. The number of nitrogens with one attached hydrogen (secondary N) is 2. The first kappa shape index (κ1) is 18.6. The highest BCUT2D eigenvalue weighted by Crippen LogP contribution is 2.34. The van der Waals surface area contributed by atoms with E-state index in [9.17, 15) is 9.59 Å². The van der Waals surface area contributed by atoms with Crippen molar-refractivity contribution < 1.29 is 23.8 Å². The van der Waals surface area contributed by atoms with E-state index < -0.39 is 0 Å². The second kappa shape index (κ2) is 8.93. The molecule has 142 valence electrons. The minimum absolute atomic E-state index is 0.137. The third-order valence-corrected chi connectivity index (χ3v) is 3.95. The lowest BCUT2D eigenvalue weighted by molar-refractivity contribution is -0.115. The van der Waals surface area contributed by atoms with E-state index in [1.807, 2.05) is 0 Å². The minimum Gasteiger partial charge on any atom is -0.494 e. The van der Waals surface area contributed by atoms with Gasteiger partial charge in [0, 0.05) is 17.3 Å². The van der Waals surface area contributed by atoms with Gasteiger partial charge in [-0.1, -0.05) is 13.3 Å². The van der Waals surface area contributed by atoms with Crippen LogP contribution >= 0.6 is 0 Å². The van der Waals surface area contributed by atoms with Crippen LogP contribution < -0.4 is 24.8 Å². The summed E-state index contributed by atoms with van der Waals surface area (Å²) in [6, 6.07) is 12.0. The molecule has 0 aliphatic carbocycles. The van der Waals surface area contributed by atoms with Gasteiger partial charge >= 0.3 is 0 Å². The molecule has 0 saturated heterocycles. The fraction of sp³-hybridized carbons (Fsp3) is 0.300. The largest absolute Gasteiger partial charge is 0.494 e. The van der Waals surface area contributed by atoms with Crippen LogP contribution in [0.1, 0.15) is 30.1 Å². The Morgan fingerprint density at radius 2 is 1.85 bits per heavy atom. The molecule has 0 fully saturated rings. The third kappa shape index (κ3) is 5.13. The van der Waals surface area contributed by atoms with Gasteiger partial charge in [-0.25, -0.2) is 0 Å². The first-order valence-corrected chi connectivity index (χ1v) is 8.86. The fourth-order valence-corrected chi connectivity index (χ4v) is 2.48. The van der Waals surface area contributed by atoms with Crippen molar-refractivity contribution in [3.63, 3.8) is 0 Å². The lowest BCUT2D eigenvalue weighted by Gasteiger charge is -2.09. The highest BCUT2D eigenvalue weighted by atomic mass is 16.7. The van der Waals surface area contributed by atoms with Crippen LogP contribution in [0.15, 0.2) is 42.5 Å². The molecule has 2 aromatic carbocycles. The van der Waals surface area contributed by atoms with Crippen molar-refractivity contribution in [3.8, 4) is 17.2 Å². The summed E-state index contributed by atoms with van der Waals surface area (Å²) in [7, 11) is 0. The van der Waals surface area contributed by atoms with Crippen molar-refractivity contribution >= 4 is 17.5 Å². The van der Waals surface area contributed by atoms with Gasteiger partial charge in [0.1, 0.15) is 5.75 Å². The van der Waals surface area contributed by atoms with Gasteiger partial charge in [0.15, 0.2) is 11.5 Å². The van der Waals surface area contributed by atoms with Gasteiger partial charge in [0.2, 0.25) is 12.7 Å². The number of ether oxygens (including phenoxy) is 3. The summed E-state index contributed by atoms with van der Waals surface area (Å²) in [4.78, 5) is 24.2. The molecular weight excluding hydrogens is 348 g/mol. The molecule has 0 bridgehead atoms. The molecule has 0 atom stereocenters.